The topological polar surface area (TPSA) is 29.1 Å². The summed E-state index contributed by atoms with van der Waals surface area (Å²) in [5, 5.41) is 3.13. The summed E-state index contributed by atoms with van der Waals surface area (Å²) in [6, 6.07) is 12.9. The van der Waals surface area contributed by atoms with E-state index in [0.717, 1.165) is 5.75 Å². The van der Waals surface area contributed by atoms with Crippen molar-refractivity contribution in [2.24, 2.45) is 0 Å². The first kappa shape index (κ1) is 18.6. The van der Waals surface area contributed by atoms with Crippen LogP contribution in [-0.4, -0.2) is 11.7 Å². The van der Waals surface area contributed by atoms with Gasteiger partial charge in [0.15, 0.2) is 0 Å². The van der Waals surface area contributed by atoms with Gasteiger partial charge in [-0.2, -0.15) is 0 Å². The van der Waals surface area contributed by atoms with E-state index in [1.807, 2.05) is 0 Å². The average molecular weight is 342 g/mol. The molecular weight excluding hydrogens is 314 g/mol. The van der Waals surface area contributed by atoms with Crippen molar-refractivity contribution in [2.45, 2.75) is 52.0 Å². The minimum Gasteiger partial charge on any atom is -0.350 e. The Labute approximate surface area is 150 Å². The molecule has 0 saturated heterocycles. The molecule has 0 radical (unpaired) electrons. The molecule has 0 aliphatic rings. The molecule has 0 heterocycles. The Balaban J connectivity index is 1.85. The van der Waals surface area contributed by atoms with E-state index in [1.165, 1.54) is 32.7 Å². The number of carbonyl (C=O) groups excluding carboxylic acids is 1. The number of thioether (sulfide) groups is 1. The van der Waals surface area contributed by atoms with Crippen LogP contribution in [0.5, 0.6) is 0 Å². The van der Waals surface area contributed by atoms with Crippen molar-refractivity contribution in [3.8, 4) is 0 Å². The highest BCUT2D eigenvalue weighted by atomic mass is 32.2. The van der Waals surface area contributed by atoms with Crippen molar-refractivity contribution in [1.82, 2.24) is 5.32 Å². The minimum absolute atomic E-state index is 0.0428. The van der Waals surface area contributed by atoms with Crippen molar-refractivity contribution in [1.29, 1.82) is 0 Å². The Kier molecular flexibility index (Phi) is 6.50. The van der Waals surface area contributed by atoms with Gasteiger partial charge in [0.05, 0.1) is 6.04 Å². The smallest absolute Gasteiger partial charge is 0.221 e. The lowest BCUT2D eigenvalue weighted by atomic mass is 9.96. The number of hydrogen-bond acceptors (Lipinski definition) is 2. The van der Waals surface area contributed by atoms with Crippen LogP contribution >= 0.6 is 11.8 Å². The predicted octanol–water partition coefficient (Wildman–Crippen LogP) is 5.28. The normalized spacial score (nSPS) is 12.0. The Morgan fingerprint density at radius 1 is 1.00 bits per heavy atom. The van der Waals surface area contributed by atoms with Crippen LogP contribution in [0.1, 0.15) is 47.2 Å². The van der Waals surface area contributed by atoms with Gasteiger partial charge in [-0.05, 0) is 69.0 Å². The molecule has 0 aromatic heterocycles. The molecule has 2 aromatic carbocycles. The van der Waals surface area contributed by atoms with Gasteiger partial charge in [0.2, 0.25) is 5.91 Å². The summed E-state index contributed by atoms with van der Waals surface area (Å²) in [6.45, 7) is 10.5. The fourth-order valence-electron chi connectivity index (χ4n) is 2.74. The lowest BCUT2D eigenvalue weighted by molar-refractivity contribution is -0.121. The molecule has 24 heavy (non-hydrogen) atoms. The van der Waals surface area contributed by atoms with Gasteiger partial charge in [0, 0.05) is 17.1 Å². The van der Waals surface area contributed by atoms with Gasteiger partial charge >= 0.3 is 0 Å². The van der Waals surface area contributed by atoms with Gasteiger partial charge in [0.1, 0.15) is 0 Å². The molecular formula is C21H27NOS. The molecule has 128 valence electrons. The highest BCUT2D eigenvalue weighted by Crippen LogP contribution is 2.22. The van der Waals surface area contributed by atoms with Crippen LogP contribution in [0.3, 0.4) is 0 Å². The summed E-state index contributed by atoms with van der Waals surface area (Å²) < 4.78 is 0. The first-order valence-electron chi connectivity index (χ1n) is 8.43. The Hall–Kier alpha value is -1.74. The molecule has 1 unspecified atom stereocenters. The molecule has 0 aliphatic carbocycles. The number of hydrogen-bond donors (Lipinski definition) is 1. The fourth-order valence-corrected chi connectivity index (χ4v) is 3.59. The Morgan fingerprint density at radius 3 is 2.29 bits per heavy atom. The molecule has 3 heteroatoms. The molecule has 0 spiro atoms. The lowest BCUT2D eigenvalue weighted by Crippen LogP contribution is -2.27. The zero-order valence-corrected chi connectivity index (χ0v) is 16.1. The highest BCUT2D eigenvalue weighted by molar-refractivity contribution is 7.99. The van der Waals surface area contributed by atoms with Crippen LogP contribution in [0, 0.1) is 27.7 Å². The van der Waals surface area contributed by atoms with Crippen LogP contribution < -0.4 is 5.32 Å². The maximum Gasteiger partial charge on any atom is 0.221 e. The molecule has 1 atom stereocenters. The third kappa shape index (κ3) is 5.13. The molecule has 1 amide bonds. The quantitative estimate of drug-likeness (QED) is 0.724. The van der Waals surface area contributed by atoms with Crippen molar-refractivity contribution < 1.29 is 4.79 Å². The summed E-state index contributed by atoms with van der Waals surface area (Å²) in [6.07, 6.45) is 0.534. The van der Waals surface area contributed by atoms with Crippen LogP contribution in [0.25, 0.3) is 0 Å². The van der Waals surface area contributed by atoms with E-state index in [4.69, 9.17) is 0 Å². The van der Waals surface area contributed by atoms with Gasteiger partial charge in [-0.15, -0.1) is 11.8 Å². The second kappa shape index (κ2) is 8.39. The first-order valence-corrected chi connectivity index (χ1v) is 9.42. The monoisotopic (exact) mass is 341 g/mol. The van der Waals surface area contributed by atoms with Crippen LogP contribution in [-0.2, 0) is 4.79 Å². The predicted molar refractivity (Wildman–Crippen MR) is 104 cm³/mol. The molecule has 2 aromatic rings. The molecule has 0 fully saturated rings. The van der Waals surface area contributed by atoms with Crippen molar-refractivity contribution in [3.63, 3.8) is 0 Å². The van der Waals surface area contributed by atoms with Crippen molar-refractivity contribution >= 4 is 17.7 Å². The van der Waals surface area contributed by atoms with E-state index < -0.39 is 0 Å². The number of aryl methyl sites for hydroxylation is 4. The lowest BCUT2D eigenvalue weighted by Gasteiger charge is -2.18. The zero-order valence-electron chi connectivity index (χ0n) is 15.3. The second-order valence-corrected chi connectivity index (χ2v) is 7.66. The number of carbonyl (C=O) groups is 1. The third-order valence-corrected chi connectivity index (χ3v) is 5.36. The molecule has 0 bridgehead atoms. The first-order chi connectivity index (χ1) is 11.4. The van der Waals surface area contributed by atoms with E-state index in [-0.39, 0.29) is 11.9 Å². The maximum absolute atomic E-state index is 12.2. The molecule has 1 N–H and O–H groups in total. The van der Waals surface area contributed by atoms with E-state index in [1.54, 1.807) is 11.8 Å². The van der Waals surface area contributed by atoms with Crippen molar-refractivity contribution in [2.75, 3.05) is 5.75 Å². The SMILES string of the molecule is Cc1ccc(SCCC(=O)NC(C)c2cc(C)c(C)cc2C)cc1. The van der Waals surface area contributed by atoms with E-state index in [2.05, 4.69) is 76.3 Å². The van der Waals surface area contributed by atoms with Crippen LogP contribution in [0.2, 0.25) is 0 Å². The van der Waals surface area contributed by atoms with Gasteiger partial charge in [-0.3, -0.25) is 4.79 Å². The summed E-state index contributed by atoms with van der Waals surface area (Å²) in [7, 11) is 0. The number of rotatable bonds is 6. The average Bonchev–Trinajstić information content (AvgIpc) is 2.52. The highest BCUT2D eigenvalue weighted by Gasteiger charge is 2.13. The Morgan fingerprint density at radius 2 is 1.62 bits per heavy atom. The van der Waals surface area contributed by atoms with Gasteiger partial charge in [0.25, 0.3) is 0 Å². The summed E-state index contributed by atoms with van der Waals surface area (Å²) in [5.41, 5.74) is 6.27. The summed E-state index contributed by atoms with van der Waals surface area (Å²) >= 11 is 1.73. The van der Waals surface area contributed by atoms with Gasteiger partial charge in [-0.25, -0.2) is 0 Å². The van der Waals surface area contributed by atoms with E-state index in [9.17, 15) is 4.79 Å². The summed E-state index contributed by atoms with van der Waals surface area (Å²) in [4.78, 5) is 13.4. The van der Waals surface area contributed by atoms with Crippen molar-refractivity contribution in [3.05, 3.63) is 64.2 Å². The number of amides is 1. The molecule has 0 saturated carbocycles. The van der Waals surface area contributed by atoms with E-state index >= 15 is 0 Å². The van der Waals surface area contributed by atoms with Gasteiger partial charge < -0.3 is 5.32 Å². The largest absolute Gasteiger partial charge is 0.350 e. The van der Waals surface area contributed by atoms with Gasteiger partial charge in [-0.1, -0.05) is 29.8 Å². The molecule has 2 nitrogen and oxygen atoms in total. The summed E-state index contributed by atoms with van der Waals surface area (Å²) in [5.74, 6) is 0.910. The van der Waals surface area contributed by atoms with E-state index in [0.29, 0.717) is 6.42 Å². The zero-order chi connectivity index (χ0) is 17.7. The number of benzene rings is 2. The fraction of sp³-hybridized carbons (Fsp3) is 0.381. The van der Waals surface area contributed by atoms with Crippen LogP contribution in [0.15, 0.2) is 41.3 Å². The van der Waals surface area contributed by atoms with Crippen LogP contribution in [0.4, 0.5) is 0 Å². The number of nitrogens with one attached hydrogen (secondary N) is 1. The minimum atomic E-state index is 0.0428. The third-order valence-electron chi connectivity index (χ3n) is 4.35. The standard InChI is InChI=1S/C21H27NOS/c1-14-6-8-19(9-7-14)24-11-10-21(23)22-18(5)20-13-16(3)15(2)12-17(20)4/h6-9,12-13,18H,10-11H2,1-5H3,(H,22,23). The molecule has 0 aliphatic heterocycles. The molecule has 2 rings (SSSR count). The second-order valence-electron chi connectivity index (χ2n) is 6.49. The Bertz CT molecular complexity index is 707. The maximum atomic E-state index is 12.2.